The predicted molar refractivity (Wildman–Crippen MR) is 364 cm³/mol. The monoisotopic (exact) mass is 1190 g/mol. The first-order chi connectivity index (χ1) is 40.5. The highest BCUT2D eigenvalue weighted by Gasteiger charge is 2.28. The molecule has 0 aromatic rings. The third-order valence-electron chi connectivity index (χ3n) is 16.7. The Hall–Kier alpha value is -1.54. The van der Waals surface area contributed by atoms with E-state index in [1.54, 1.807) is 6.08 Å². The second-order valence-corrected chi connectivity index (χ2v) is 27.8. The fourth-order valence-corrected chi connectivity index (χ4v) is 11.8. The lowest BCUT2D eigenvalue weighted by molar-refractivity contribution is -0.870. The van der Waals surface area contributed by atoms with Crippen LogP contribution in [0.15, 0.2) is 48.6 Å². The predicted octanol–water partition coefficient (Wildman–Crippen LogP) is 23.4. The Morgan fingerprint density at radius 3 is 0.964 bits per heavy atom. The zero-order chi connectivity index (χ0) is 60.5. The van der Waals surface area contributed by atoms with Gasteiger partial charge in [-0.1, -0.05) is 339 Å². The molecule has 0 aliphatic heterocycles. The topological polar surface area (TPSA) is 105 Å². The molecule has 0 aliphatic carbocycles. The van der Waals surface area contributed by atoms with Crippen LogP contribution in [0.25, 0.3) is 0 Å². The van der Waals surface area contributed by atoms with E-state index in [2.05, 4.69) is 55.6 Å². The van der Waals surface area contributed by atoms with Crippen LogP contribution in [0.1, 0.15) is 367 Å². The number of aliphatic hydroxyl groups is 1. The maximum absolute atomic E-state index is 13.1. The van der Waals surface area contributed by atoms with Gasteiger partial charge in [-0.05, 0) is 70.6 Å². The Balaban J connectivity index is 4.08. The number of likely N-dealkylation sites (N-methyl/N-ethyl adjacent to an activating group) is 1. The summed E-state index contributed by atoms with van der Waals surface area (Å²) in [7, 11) is 1.56. The van der Waals surface area contributed by atoms with Crippen LogP contribution in [-0.4, -0.2) is 73.4 Å². The number of aliphatic hydroxyl groups excluding tert-OH is 1. The first kappa shape index (κ1) is 81.5. The molecule has 3 atom stereocenters. The van der Waals surface area contributed by atoms with E-state index in [0.29, 0.717) is 17.4 Å². The van der Waals surface area contributed by atoms with Gasteiger partial charge in [0.25, 0.3) is 0 Å². The van der Waals surface area contributed by atoms with Gasteiger partial charge in [-0.3, -0.25) is 13.8 Å². The lowest BCUT2D eigenvalue weighted by Crippen LogP contribution is -2.45. The van der Waals surface area contributed by atoms with Gasteiger partial charge < -0.3 is 19.8 Å². The number of hydrogen-bond donors (Lipinski definition) is 3. The van der Waals surface area contributed by atoms with E-state index in [1.807, 2.05) is 27.2 Å². The molecular formula is C74H144N2O6P+. The van der Waals surface area contributed by atoms with Crippen molar-refractivity contribution in [3.05, 3.63) is 48.6 Å². The van der Waals surface area contributed by atoms with Crippen molar-refractivity contribution in [2.45, 2.75) is 379 Å². The number of carbonyl (C=O) groups is 1. The minimum atomic E-state index is -4.37. The highest BCUT2D eigenvalue weighted by molar-refractivity contribution is 7.47. The zero-order valence-electron chi connectivity index (χ0n) is 56.2. The Bertz CT molecular complexity index is 1490. The molecule has 0 bridgehead atoms. The number of nitrogens with one attached hydrogen (secondary N) is 1. The molecule has 0 aromatic heterocycles. The maximum Gasteiger partial charge on any atom is 0.472 e. The van der Waals surface area contributed by atoms with E-state index in [9.17, 15) is 19.4 Å². The summed E-state index contributed by atoms with van der Waals surface area (Å²) in [4.78, 5) is 23.4. The molecule has 9 heteroatoms. The van der Waals surface area contributed by atoms with Crippen molar-refractivity contribution in [1.29, 1.82) is 0 Å². The number of phosphoric ester groups is 1. The highest BCUT2D eigenvalue weighted by Crippen LogP contribution is 2.43. The Morgan fingerprint density at radius 2 is 0.663 bits per heavy atom. The smallest absolute Gasteiger partial charge is 0.387 e. The summed E-state index contributed by atoms with van der Waals surface area (Å²) in [5.41, 5.74) is 0. The summed E-state index contributed by atoms with van der Waals surface area (Å²) in [6, 6.07) is -0.871. The Kier molecular flexibility index (Phi) is 63.7. The van der Waals surface area contributed by atoms with Crippen molar-refractivity contribution in [1.82, 2.24) is 5.32 Å². The first-order valence-corrected chi connectivity index (χ1v) is 38.0. The number of carbonyl (C=O) groups excluding carboxylic acids is 1. The molecule has 0 aliphatic rings. The lowest BCUT2D eigenvalue weighted by Gasteiger charge is -2.25. The number of amides is 1. The molecule has 3 unspecified atom stereocenters. The van der Waals surface area contributed by atoms with Crippen molar-refractivity contribution in [2.24, 2.45) is 0 Å². The zero-order valence-corrected chi connectivity index (χ0v) is 57.1. The van der Waals surface area contributed by atoms with Gasteiger partial charge in [0.1, 0.15) is 13.2 Å². The number of rotatable bonds is 68. The lowest BCUT2D eigenvalue weighted by atomic mass is 10.0. The summed E-state index contributed by atoms with van der Waals surface area (Å²) in [6.07, 6.45) is 88.6. The van der Waals surface area contributed by atoms with Crippen LogP contribution in [0.5, 0.6) is 0 Å². The quantitative estimate of drug-likeness (QED) is 0.0243. The second kappa shape index (κ2) is 64.9. The van der Waals surface area contributed by atoms with Gasteiger partial charge in [-0.15, -0.1) is 0 Å². The van der Waals surface area contributed by atoms with Gasteiger partial charge in [0.05, 0.1) is 39.9 Å². The van der Waals surface area contributed by atoms with Crippen LogP contribution in [0, 0.1) is 0 Å². The van der Waals surface area contributed by atoms with Crippen molar-refractivity contribution >= 4 is 13.7 Å². The molecule has 0 fully saturated rings. The molecular weight excluding hydrogens is 1040 g/mol. The molecule has 8 nitrogen and oxygen atoms in total. The fourth-order valence-electron chi connectivity index (χ4n) is 11.1. The van der Waals surface area contributed by atoms with Crippen LogP contribution in [0.4, 0.5) is 0 Å². The number of phosphoric acid groups is 1. The van der Waals surface area contributed by atoms with Crippen LogP contribution in [-0.2, 0) is 18.4 Å². The summed E-state index contributed by atoms with van der Waals surface area (Å²) in [6.45, 7) is 4.84. The molecule has 83 heavy (non-hydrogen) atoms. The molecule has 0 aromatic carbocycles. The largest absolute Gasteiger partial charge is 0.472 e. The van der Waals surface area contributed by atoms with Crippen molar-refractivity contribution in [3.8, 4) is 0 Å². The van der Waals surface area contributed by atoms with E-state index in [1.165, 1.54) is 302 Å². The molecule has 1 amide bonds. The number of unbranched alkanes of at least 4 members (excludes halogenated alkanes) is 49. The van der Waals surface area contributed by atoms with Gasteiger partial charge in [0.2, 0.25) is 5.91 Å². The number of quaternary nitrogens is 1. The minimum absolute atomic E-state index is 0.0544. The normalized spacial score (nSPS) is 13.9. The van der Waals surface area contributed by atoms with Gasteiger partial charge in [0.15, 0.2) is 0 Å². The van der Waals surface area contributed by atoms with E-state index >= 15 is 0 Å². The molecule has 0 rings (SSSR count). The van der Waals surface area contributed by atoms with E-state index in [-0.39, 0.29) is 19.1 Å². The Morgan fingerprint density at radius 1 is 0.398 bits per heavy atom. The van der Waals surface area contributed by atoms with Gasteiger partial charge >= 0.3 is 7.82 Å². The van der Waals surface area contributed by atoms with Gasteiger partial charge in [0, 0.05) is 6.42 Å². The highest BCUT2D eigenvalue weighted by atomic mass is 31.2. The van der Waals surface area contributed by atoms with Crippen molar-refractivity contribution in [2.75, 3.05) is 40.9 Å². The standard InChI is InChI=1S/C74H143N2O6P/c1-6-8-10-12-14-16-18-20-22-24-26-28-30-32-34-36-38-40-42-44-46-48-50-52-54-56-58-60-62-64-66-68-74(78)75-72(71-82-83(79,80)81-70-69-76(3,4)5)73(77)67-65-63-61-59-57-55-53-51-49-47-45-43-41-39-37-35-33-31-29-27-25-23-21-19-17-15-13-11-9-7-2/h24,26,49,51,57,59,65,67,72-73,77H,6-23,25,27-48,50,52-56,58,60-64,66,68-71H2,1-5H3,(H-,75,78,79,80)/p+1/b26-24-,51-49+,59-57+,67-65+. The third-order valence-corrected chi connectivity index (χ3v) is 17.7. The van der Waals surface area contributed by atoms with Crippen LogP contribution >= 0.6 is 7.82 Å². The van der Waals surface area contributed by atoms with Crippen molar-refractivity contribution < 1.29 is 32.9 Å². The number of hydrogen-bond acceptors (Lipinski definition) is 5. The molecule has 0 saturated carbocycles. The van der Waals surface area contributed by atoms with Crippen LogP contribution in [0.2, 0.25) is 0 Å². The number of allylic oxidation sites excluding steroid dienone is 7. The van der Waals surface area contributed by atoms with Crippen LogP contribution in [0.3, 0.4) is 0 Å². The first-order valence-electron chi connectivity index (χ1n) is 36.5. The third kappa shape index (κ3) is 67.8. The van der Waals surface area contributed by atoms with E-state index in [0.717, 1.165) is 44.9 Å². The average Bonchev–Trinajstić information content (AvgIpc) is 3.49. The van der Waals surface area contributed by atoms with Gasteiger partial charge in [-0.2, -0.15) is 0 Å². The molecule has 490 valence electrons. The maximum atomic E-state index is 13.1. The summed E-state index contributed by atoms with van der Waals surface area (Å²) >= 11 is 0. The van der Waals surface area contributed by atoms with E-state index in [4.69, 9.17) is 9.05 Å². The van der Waals surface area contributed by atoms with Crippen molar-refractivity contribution in [3.63, 3.8) is 0 Å². The van der Waals surface area contributed by atoms with Gasteiger partial charge in [-0.25, -0.2) is 4.57 Å². The summed E-state index contributed by atoms with van der Waals surface area (Å²) in [5, 5.41) is 14.0. The fraction of sp³-hybridized carbons (Fsp3) is 0.878. The summed E-state index contributed by atoms with van der Waals surface area (Å²) < 4.78 is 23.8. The molecule has 0 radical (unpaired) electrons. The SMILES string of the molecule is CCCCCCCCCC/C=C\CCCCCCCCCCCCCCCCCCCCCC(=O)NC(COP(=O)(O)OCC[N+](C)(C)C)C(O)/C=C/CC/C=C/CC/C=C/CCCCCCCCCCCCCCCCCCCCCC. The molecule has 0 spiro atoms. The number of nitrogens with zero attached hydrogens (tertiary/aromatic N) is 1. The minimum Gasteiger partial charge on any atom is -0.387 e. The second-order valence-electron chi connectivity index (χ2n) is 26.3. The van der Waals surface area contributed by atoms with E-state index < -0.39 is 20.0 Å². The molecule has 0 saturated heterocycles. The molecule has 0 heterocycles. The molecule has 3 N–H and O–H groups in total. The average molecular weight is 1190 g/mol. The summed E-state index contributed by atoms with van der Waals surface area (Å²) in [5.74, 6) is -0.184. The van der Waals surface area contributed by atoms with Crippen LogP contribution < -0.4 is 5.32 Å². The Labute approximate surface area is 518 Å².